The predicted molar refractivity (Wildman–Crippen MR) is 66.4 cm³/mol. The molecule has 2 atom stereocenters. The van der Waals surface area contributed by atoms with Crippen LogP contribution in [0.1, 0.15) is 31.2 Å². The first-order valence-electron chi connectivity index (χ1n) is 5.91. The largest absolute Gasteiger partial charge is 0.307 e. The van der Waals surface area contributed by atoms with Gasteiger partial charge >= 0.3 is 0 Å². The number of halogens is 1. The molecule has 0 aromatic carbocycles. The van der Waals surface area contributed by atoms with Crippen LogP contribution in [0.15, 0.2) is 24.4 Å². The van der Waals surface area contributed by atoms with Gasteiger partial charge in [0.25, 0.3) is 0 Å². The lowest BCUT2D eigenvalue weighted by Gasteiger charge is -2.15. The van der Waals surface area contributed by atoms with E-state index >= 15 is 0 Å². The van der Waals surface area contributed by atoms with Crippen LogP contribution in [0, 0.1) is 0 Å². The third kappa shape index (κ3) is 1.87. The number of fused-ring (bicyclic) bond motifs is 2. The van der Waals surface area contributed by atoms with Crippen molar-refractivity contribution in [1.82, 2.24) is 10.3 Å². The van der Waals surface area contributed by atoms with Gasteiger partial charge in [-0.2, -0.15) is 0 Å². The lowest BCUT2D eigenvalue weighted by molar-refractivity contribution is 0.559. The molecule has 1 unspecified atom stereocenters. The third-order valence-electron chi connectivity index (χ3n) is 3.56. The fourth-order valence-corrected chi connectivity index (χ4v) is 2.85. The van der Waals surface area contributed by atoms with E-state index in [2.05, 4.69) is 22.4 Å². The molecular formula is C13H15ClN2. The zero-order chi connectivity index (χ0) is 11.0. The van der Waals surface area contributed by atoms with Crippen molar-refractivity contribution in [2.75, 3.05) is 0 Å². The summed E-state index contributed by atoms with van der Waals surface area (Å²) >= 11 is 5.82. The highest BCUT2D eigenvalue weighted by molar-refractivity contribution is 6.29. The Morgan fingerprint density at radius 3 is 3.00 bits per heavy atom. The number of allylic oxidation sites excluding steroid dienone is 1. The number of hydrogen-bond acceptors (Lipinski definition) is 2. The molecule has 1 N–H and O–H groups in total. The molecule has 2 nitrogen and oxygen atoms in total. The van der Waals surface area contributed by atoms with Gasteiger partial charge in [-0.15, -0.1) is 0 Å². The minimum atomic E-state index is 0.524. The molecule has 84 valence electrons. The topological polar surface area (TPSA) is 24.9 Å². The van der Waals surface area contributed by atoms with Crippen molar-refractivity contribution < 1.29 is 0 Å². The Balaban J connectivity index is 1.92. The normalized spacial score (nSPS) is 28.7. The molecular weight excluding hydrogens is 220 g/mol. The maximum Gasteiger partial charge on any atom is 0.129 e. The van der Waals surface area contributed by atoms with Crippen LogP contribution < -0.4 is 5.32 Å². The van der Waals surface area contributed by atoms with E-state index in [9.17, 15) is 0 Å². The summed E-state index contributed by atoms with van der Waals surface area (Å²) in [6, 6.07) is 5.19. The van der Waals surface area contributed by atoms with E-state index in [1.54, 1.807) is 0 Å². The molecule has 2 aliphatic heterocycles. The molecule has 2 bridgehead atoms. The molecule has 16 heavy (non-hydrogen) atoms. The molecule has 0 radical (unpaired) electrons. The summed E-state index contributed by atoms with van der Waals surface area (Å²) in [5.41, 5.74) is 2.62. The average Bonchev–Trinajstić information content (AvgIpc) is 2.63. The van der Waals surface area contributed by atoms with Crippen LogP contribution in [-0.2, 0) is 0 Å². The van der Waals surface area contributed by atoms with E-state index < -0.39 is 0 Å². The van der Waals surface area contributed by atoms with Crippen molar-refractivity contribution in [3.05, 3.63) is 35.1 Å². The lowest BCUT2D eigenvalue weighted by Crippen LogP contribution is -2.28. The van der Waals surface area contributed by atoms with Crippen molar-refractivity contribution in [3.8, 4) is 0 Å². The molecule has 0 aliphatic carbocycles. The Morgan fingerprint density at radius 1 is 1.25 bits per heavy atom. The van der Waals surface area contributed by atoms with Gasteiger partial charge in [-0.25, -0.2) is 4.98 Å². The second-order valence-corrected chi connectivity index (χ2v) is 4.99. The number of aromatic nitrogens is 1. The lowest BCUT2D eigenvalue weighted by atomic mass is 9.95. The molecule has 3 heteroatoms. The fourth-order valence-electron chi connectivity index (χ4n) is 2.74. The molecule has 3 rings (SSSR count). The maximum atomic E-state index is 5.82. The summed E-state index contributed by atoms with van der Waals surface area (Å²) in [6.07, 6.45) is 9.24. The van der Waals surface area contributed by atoms with E-state index in [0.29, 0.717) is 11.2 Å². The second-order valence-electron chi connectivity index (χ2n) is 4.60. The molecule has 0 saturated carbocycles. The quantitative estimate of drug-likeness (QED) is 0.756. The van der Waals surface area contributed by atoms with Crippen molar-refractivity contribution >= 4 is 17.2 Å². The van der Waals surface area contributed by atoms with Crippen LogP contribution in [0.25, 0.3) is 5.57 Å². The van der Waals surface area contributed by atoms with Crippen LogP contribution in [0.4, 0.5) is 0 Å². The molecule has 1 fully saturated rings. The number of pyridine rings is 1. The van der Waals surface area contributed by atoms with Gasteiger partial charge in [0.1, 0.15) is 5.15 Å². The minimum absolute atomic E-state index is 0.524. The van der Waals surface area contributed by atoms with Crippen molar-refractivity contribution in [3.63, 3.8) is 0 Å². The van der Waals surface area contributed by atoms with E-state index in [0.717, 1.165) is 6.04 Å². The van der Waals surface area contributed by atoms with Gasteiger partial charge < -0.3 is 5.32 Å². The molecule has 1 saturated heterocycles. The van der Waals surface area contributed by atoms with Crippen LogP contribution >= 0.6 is 11.6 Å². The monoisotopic (exact) mass is 234 g/mol. The highest BCUT2D eigenvalue weighted by Crippen LogP contribution is 2.31. The highest BCUT2D eigenvalue weighted by Gasteiger charge is 2.28. The number of nitrogens with zero attached hydrogens (tertiary/aromatic N) is 1. The Labute approximate surface area is 101 Å². The van der Waals surface area contributed by atoms with Gasteiger partial charge in [0, 0.05) is 18.3 Å². The van der Waals surface area contributed by atoms with Gasteiger partial charge in [-0.3, -0.25) is 0 Å². The van der Waals surface area contributed by atoms with Crippen molar-refractivity contribution in [1.29, 1.82) is 0 Å². The van der Waals surface area contributed by atoms with Crippen molar-refractivity contribution in [2.45, 2.75) is 37.8 Å². The van der Waals surface area contributed by atoms with Gasteiger partial charge in [0.15, 0.2) is 0 Å². The number of rotatable bonds is 1. The molecule has 3 heterocycles. The first-order valence-corrected chi connectivity index (χ1v) is 6.29. The molecule has 1 aromatic heterocycles. The first-order chi connectivity index (χ1) is 7.83. The molecule has 0 spiro atoms. The zero-order valence-electron chi connectivity index (χ0n) is 9.12. The van der Waals surface area contributed by atoms with E-state index in [1.807, 2.05) is 12.3 Å². The first kappa shape index (κ1) is 10.3. The summed E-state index contributed by atoms with van der Waals surface area (Å²) in [5, 5.41) is 4.25. The zero-order valence-corrected chi connectivity index (χ0v) is 9.87. The summed E-state index contributed by atoms with van der Waals surface area (Å²) < 4.78 is 0. The van der Waals surface area contributed by atoms with Crippen LogP contribution in [0.5, 0.6) is 0 Å². The Morgan fingerprint density at radius 2 is 2.19 bits per heavy atom. The third-order valence-corrected chi connectivity index (χ3v) is 3.78. The van der Waals surface area contributed by atoms with Gasteiger partial charge in [0.05, 0.1) is 0 Å². The Hall–Kier alpha value is -0.860. The smallest absolute Gasteiger partial charge is 0.129 e. The summed E-state index contributed by atoms with van der Waals surface area (Å²) in [5.74, 6) is 0. The van der Waals surface area contributed by atoms with Crippen LogP contribution in [-0.4, -0.2) is 17.1 Å². The van der Waals surface area contributed by atoms with E-state index in [-0.39, 0.29) is 0 Å². The van der Waals surface area contributed by atoms with Crippen LogP contribution in [0.2, 0.25) is 5.15 Å². The van der Waals surface area contributed by atoms with E-state index in [1.165, 1.54) is 36.8 Å². The number of hydrogen-bond donors (Lipinski definition) is 1. The van der Waals surface area contributed by atoms with Crippen molar-refractivity contribution in [2.24, 2.45) is 0 Å². The van der Waals surface area contributed by atoms with Gasteiger partial charge in [0.2, 0.25) is 0 Å². The molecule has 2 aliphatic rings. The minimum Gasteiger partial charge on any atom is -0.307 e. The SMILES string of the molecule is Clc1ccc(C2=CCCC3CC[C@H]2N3)cn1. The fraction of sp³-hybridized carbons (Fsp3) is 0.462. The standard InChI is InChI=1S/C13H15ClN2/c14-13-7-4-9(8-15-13)11-3-1-2-10-5-6-12(11)16-10/h3-4,7-8,10,12,16H,1-2,5-6H2/t10?,12-/m1/s1. The predicted octanol–water partition coefficient (Wildman–Crippen LogP) is 3.03. The summed E-state index contributed by atoms with van der Waals surface area (Å²) in [4.78, 5) is 4.16. The average molecular weight is 235 g/mol. The summed E-state index contributed by atoms with van der Waals surface area (Å²) in [6.45, 7) is 0. The maximum absolute atomic E-state index is 5.82. The Kier molecular flexibility index (Phi) is 2.70. The van der Waals surface area contributed by atoms with Gasteiger partial charge in [-0.05, 0) is 42.9 Å². The number of nitrogens with one attached hydrogen (secondary N) is 1. The summed E-state index contributed by atoms with van der Waals surface area (Å²) in [7, 11) is 0. The Bertz CT molecular complexity index is 410. The molecule has 0 amide bonds. The highest BCUT2D eigenvalue weighted by atomic mass is 35.5. The van der Waals surface area contributed by atoms with E-state index in [4.69, 9.17) is 11.6 Å². The second kappa shape index (κ2) is 4.19. The molecule has 1 aromatic rings. The van der Waals surface area contributed by atoms with Crippen LogP contribution in [0.3, 0.4) is 0 Å². The van der Waals surface area contributed by atoms with Gasteiger partial charge in [-0.1, -0.05) is 23.7 Å².